The number of benzene rings is 2. The SMILES string of the molecule is Fc1cccc2ncn(-c3nc4ncnc5nc(-n6cnc7cccc(F)c76)c6ccc3c6n45)c12. The van der Waals surface area contributed by atoms with E-state index in [-0.39, 0.29) is 0 Å². The molecule has 0 spiro atoms. The van der Waals surface area contributed by atoms with Gasteiger partial charge < -0.3 is 0 Å². The number of para-hydroxylation sites is 2. The van der Waals surface area contributed by atoms with Gasteiger partial charge in [0.1, 0.15) is 41.6 Å². The van der Waals surface area contributed by atoms with Crippen molar-refractivity contribution in [1.29, 1.82) is 0 Å². The largest absolute Gasteiger partial charge is 0.279 e. The molecule has 3 aromatic carbocycles. The summed E-state index contributed by atoms with van der Waals surface area (Å²) in [4.78, 5) is 26.8. The van der Waals surface area contributed by atoms with E-state index in [1.54, 1.807) is 50.5 Å². The summed E-state index contributed by atoms with van der Waals surface area (Å²) in [6.07, 6.45) is 4.45. The Morgan fingerprint density at radius 2 is 1.09 bits per heavy atom. The van der Waals surface area contributed by atoms with Gasteiger partial charge in [-0.3, -0.25) is 9.13 Å². The van der Waals surface area contributed by atoms with E-state index in [1.807, 2.05) is 12.1 Å². The molecule has 0 atom stereocenters. The van der Waals surface area contributed by atoms with Crippen LogP contribution in [0.3, 0.4) is 0 Å². The van der Waals surface area contributed by atoms with Gasteiger partial charge in [-0.05, 0) is 36.4 Å². The van der Waals surface area contributed by atoms with Crippen LogP contribution in [-0.4, -0.2) is 43.4 Å². The lowest BCUT2D eigenvalue weighted by Crippen LogP contribution is -2.10. The first-order valence-corrected chi connectivity index (χ1v) is 10.7. The number of fused-ring (bicyclic) bond motifs is 2. The van der Waals surface area contributed by atoms with Crippen LogP contribution < -0.4 is 0 Å². The van der Waals surface area contributed by atoms with E-state index in [9.17, 15) is 8.78 Å². The first-order valence-electron chi connectivity index (χ1n) is 10.7. The smallest absolute Gasteiger partial charge is 0.240 e. The summed E-state index contributed by atoms with van der Waals surface area (Å²) in [5, 5.41) is 1.43. The molecule has 166 valence electrons. The maximum atomic E-state index is 14.8. The average molecular weight is 463 g/mol. The van der Waals surface area contributed by atoms with E-state index < -0.39 is 11.6 Å². The first-order chi connectivity index (χ1) is 17.2. The van der Waals surface area contributed by atoms with Crippen LogP contribution in [0.15, 0.2) is 67.5 Å². The monoisotopic (exact) mass is 463 g/mol. The lowest BCUT2D eigenvalue weighted by atomic mass is 10.2. The molecule has 0 N–H and O–H groups in total. The molecule has 8 rings (SSSR count). The van der Waals surface area contributed by atoms with Crippen molar-refractivity contribution in [2.45, 2.75) is 0 Å². The molecule has 5 aromatic heterocycles. The molecule has 0 aliphatic carbocycles. The Bertz CT molecular complexity index is 1960. The number of hydrogen-bond donors (Lipinski definition) is 0. The van der Waals surface area contributed by atoms with Gasteiger partial charge in [0.05, 0.1) is 16.6 Å². The van der Waals surface area contributed by atoms with Crippen LogP contribution in [0.2, 0.25) is 0 Å². The summed E-state index contributed by atoms with van der Waals surface area (Å²) in [7, 11) is 0. The van der Waals surface area contributed by atoms with Crippen LogP contribution in [0.5, 0.6) is 0 Å². The van der Waals surface area contributed by atoms with Crippen LogP contribution in [0, 0.1) is 11.6 Å². The minimum atomic E-state index is -0.410. The van der Waals surface area contributed by atoms with Gasteiger partial charge in [0.25, 0.3) is 0 Å². The minimum Gasteiger partial charge on any atom is -0.279 e. The highest BCUT2D eigenvalue weighted by Crippen LogP contribution is 2.35. The average Bonchev–Trinajstić information content (AvgIpc) is 3.60. The lowest BCUT2D eigenvalue weighted by Gasteiger charge is -2.14. The maximum Gasteiger partial charge on any atom is 0.240 e. The fourth-order valence-corrected chi connectivity index (χ4v) is 4.81. The van der Waals surface area contributed by atoms with Crippen molar-refractivity contribution in [3.8, 4) is 11.6 Å². The number of nitrogens with zero attached hydrogens (tertiary/aromatic N) is 9. The molecule has 0 bridgehead atoms. The maximum absolute atomic E-state index is 14.8. The molecule has 0 amide bonds. The van der Waals surface area contributed by atoms with Gasteiger partial charge >= 0.3 is 0 Å². The first kappa shape index (κ1) is 18.4. The van der Waals surface area contributed by atoms with Gasteiger partial charge in [0, 0.05) is 10.8 Å². The predicted octanol–water partition coefficient (Wildman–Crippen LogP) is 4.22. The Hall–Kier alpha value is -5.06. The highest BCUT2D eigenvalue weighted by atomic mass is 19.1. The molecule has 0 fully saturated rings. The van der Waals surface area contributed by atoms with Gasteiger partial charge in [0.2, 0.25) is 11.6 Å². The number of halogens is 2. The molecular formula is C24H11F2N9. The molecule has 0 unspecified atom stereocenters. The van der Waals surface area contributed by atoms with Crippen molar-refractivity contribution >= 4 is 49.9 Å². The zero-order valence-corrected chi connectivity index (χ0v) is 17.6. The van der Waals surface area contributed by atoms with Gasteiger partial charge in [0.15, 0.2) is 11.6 Å². The van der Waals surface area contributed by atoms with E-state index >= 15 is 0 Å². The summed E-state index contributed by atoms with van der Waals surface area (Å²) in [5.41, 5.74) is 2.38. The van der Waals surface area contributed by atoms with E-state index in [2.05, 4.69) is 19.9 Å². The highest BCUT2D eigenvalue weighted by molar-refractivity contribution is 6.07. The van der Waals surface area contributed by atoms with Crippen molar-refractivity contribution in [3.05, 3.63) is 79.1 Å². The van der Waals surface area contributed by atoms with Crippen LogP contribution in [0.25, 0.3) is 61.5 Å². The lowest BCUT2D eigenvalue weighted by molar-refractivity contribution is 0.634. The van der Waals surface area contributed by atoms with Crippen molar-refractivity contribution < 1.29 is 8.78 Å². The zero-order chi connectivity index (χ0) is 23.3. The third-order valence-corrected chi connectivity index (χ3v) is 6.28. The molecule has 11 heteroatoms. The standard InChI is InChI=1S/C24H11F2N9/c25-14-3-1-5-16-19(14)33(10-29-16)21-12-7-8-13-18(12)35-23(31-21)27-9-28-24(35)32-22(13)34-11-30-17-6-2-4-15(26)20(17)34/h1-11H. The number of aromatic nitrogens is 9. The Balaban J connectivity index is 1.53. The Morgan fingerprint density at radius 1 is 0.571 bits per heavy atom. The molecular weight excluding hydrogens is 452 g/mol. The molecule has 0 radical (unpaired) electrons. The second kappa shape index (κ2) is 6.29. The normalized spacial score (nSPS) is 12.3. The summed E-state index contributed by atoms with van der Waals surface area (Å²) >= 11 is 0. The third kappa shape index (κ3) is 2.28. The second-order valence-electron chi connectivity index (χ2n) is 8.13. The van der Waals surface area contributed by atoms with Gasteiger partial charge in [-0.25, -0.2) is 33.1 Å². The van der Waals surface area contributed by atoms with Crippen LogP contribution in [0.1, 0.15) is 0 Å². The Kier molecular flexibility index (Phi) is 3.30. The minimum absolute atomic E-state index is 0.316. The highest BCUT2D eigenvalue weighted by Gasteiger charge is 2.23. The molecule has 8 aromatic rings. The molecule has 5 heterocycles. The third-order valence-electron chi connectivity index (χ3n) is 6.28. The summed E-state index contributed by atoms with van der Waals surface area (Å²) in [5.74, 6) is 0.790. The molecule has 0 saturated carbocycles. The molecule has 0 aliphatic heterocycles. The summed E-state index contributed by atoms with van der Waals surface area (Å²) < 4.78 is 34.6. The zero-order valence-electron chi connectivity index (χ0n) is 17.6. The predicted molar refractivity (Wildman–Crippen MR) is 124 cm³/mol. The van der Waals surface area contributed by atoms with E-state index in [4.69, 9.17) is 9.97 Å². The summed E-state index contributed by atoms with van der Waals surface area (Å²) in [6, 6.07) is 13.2. The van der Waals surface area contributed by atoms with E-state index in [0.717, 1.165) is 5.52 Å². The Morgan fingerprint density at radius 3 is 1.60 bits per heavy atom. The van der Waals surface area contributed by atoms with Crippen molar-refractivity contribution in [2.24, 2.45) is 0 Å². The number of hydrogen-bond acceptors (Lipinski definition) is 6. The van der Waals surface area contributed by atoms with Crippen LogP contribution in [0.4, 0.5) is 8.78 Å². The van der Waals surface area contributed by atoms with E-state index in [1.165, 1.54) is 18.5 Å². The van der Waals surface area contributed by atoms with Crippen molar-refractivity contribution in [3.63, 3.8) is 0 Å². The fourth-order valence-electron chi connectivity index (χ4n) is 4.81. The van der Waals surface area contributed by atoms with Gasteiger partial charge in [-0.15, -0.1) is 0 Å². The van der Waals surface area contributed by atoms with Gasteiger partial charge in [-0.1, -0.05) is 12.1 Å². The molecule has 35 heavy (non-hydrogen) atoms. The van der Waals surface area contributed by atoms with Crippen LogP contribution in [-0.2, 0) is 0 Å². The molecule has 9 nitrogen and oxygen atoms in total. The van der Waals surface area contributed by atoms with E-state index in [0.29, 0.717) is 56.0 Å². The molecule has 0 saturated heterocycles. The van der Waals surface area contributed by atoms with Crippen molar-refractivity contribution in [1.82, 2.24) is 43.4 Å². The molecule has 0 aliphatic rings. The number of imidazole rings is 2. The van der Waals surface area contributed by atoms with Gasteiger partial charge in [-0.2, -0.15) is 9.97 Å². The summed E-state index contributed by atoms with van der Waals surface area (Å²) in [6.45, 7) is 0. The van der Waals surface area contributed by atoms with Crippen LogP contribution >= 0.6 is 0 Å². The quantitative estimate of drug-likeness (QED) is 0.381. The number of rotatable bonds is 2. The Labute approximate surface area is 193 Å². The van der Waals surface area contributed by atoms with Crippen molar-refractivity contribution in [2.75, 3.05) is 0 Å². The second-order valence-corrected chi connectivity index (χ2v) is 8.13. The topological polar surface area (TPSA) is 91.6 Å². The fraction of sp³-hybridized carbons (Fsp3) is 0.